The van der Waals surface area contributed by atoms with E-state index in [2.05, 4.69) is 5.32 Å². The molecule has 23 heavy (non-hydrogen) atoms. The fourth-order valence-electron chi connectivity index (χ4n) is 5.32. The standard InChI is InChI=1S/C19H31NO3/c21-17-12-16(19(17)7-9-23-10-8-19)20-18(22)11-15(13-3-1-4-13)14-5-2-6-14/h13-17,21H,1-12H2,(H,20,22)/t16-,17-/m1/s1. The van der Waals surface area contributed by atoms with Gasteiger partial charge in [-0.25, -0.2) is 0 Å². The largest absolute Gasteiger partial charge is 0.392 e. The first-order chi connectivity index (χ1) is 11.2. The number of aliphatic hydroxyl groups excluding tert-OH is 1. The number of hydrogen-bond donors (Lipinski definition) is 2. The summed E-state index contributed by atoms with van der Waals surface area (Å²) >= 11 is 0. The first-order valence-corrected chi connectivity index (χ1v) is 9.74. The van der Waals surface area contributed by atoms with Crippen LogP contribution in [0.1, 0.15) is 64.2 Å². The third-order valence-electron chi connectivity index (χ3n) is 7.51. The molecule has 1 amide bonds. The minimum absolute atomic E-state index is 0.101. The van der Waals surface area contributed by atoms with Crippen molar-refractivity contribution in [1.29, 1.82) is 0 Å². The number of carbonyl (C=O) groups is 1. The van der Waals surface area contributed by atoms with Crippen molar-refractivity contribution in [2.45, 2.75) is 76.4 Å². The highest BCUT2D eigenvalue weighted by Crippen LogP contribution is 2.49. The zero-order valence-corrected chi connectivity index (χ0v) is 14.1. The maximum atomic E-state index is 12.7. The lowest BCUT2D eigenvalue weighted by molar-refractivity contribution is -0.157. The molecule has 0 bridgehead atoms. The molecule has 4 nitrogen and oxygen atoms in total. The summed E-state index contributed by atoms with van der Waals surface area (Å²) in [6, 6.07) is 0.164. The van der Waals surface area contributed by atoms with Crippen LogP contribution in [0.2, 0.25) is 0 Å². The molecule has 1 spiro atoms. The monoisotopic (exact) mass is 321 g/mol. The molecule has 4 fully saturated rings. The van der Waals surface area contributed by atoms with E-state index in [1.165, 1.54) is 38.5 Å². The van der Waals surface area contributed by atoms with Gasteiger partial charge in [-0.3, -0.25) is 4.79 Å². The Morgan fingerprint density at radius 2 is 1.74 bits per heavy atom. The predicted octanol–water partition coefficient (Wildman–Crippen LogP) is 2.64. The normalized spacial score (nSPS) is 33.8. The van der Waals surface area contributed by atoms with Crippen LogP contribution in [0.15, 0.2) is 0 Å². The van der Waals surface area contributed by atoms with E-state index < -0.39 is 0 Å². The van der Waals surface area contributed by atoms with Crippen LogP contribution >= 0.6 is 0 Å². The van der Waals surface area contributed by atoms with Crippen molar-refractivity contribution in [1.82, 2.24) is 5.32 Å². The molecule has 1 heterocycles. The average Bonchev–Trinajstić information content (AvgIpc) is 2.44. The van der Waals surface area contributed by atoms with E-state index in [4.69, 9.17) is 4.74 Å². The summed E-state index contributed by atoms with van der Waals surface area (Å²) in [5.74, 6) is 2.45. The highest BCUT2D eigenvalue weighted by molar-refractivity contribution is 5.77. The van der Waals surface area contributed by atoms with E-state index in [0.717, 1.165) is 44.3 Å². The molecule has 4 aliphatic rings. The van der Waals surface area contributed by atoms with Crippen LogP contribution < -0.4 is 5.32 Å². The van der Waals surface area contributed by atoms with Crippen molar-refractivity contribution in [2.75, 3.05) is 13.2 Å². The average molecular weight is 321 g/mol. The SMILES string of the molecule is O=C(CC(C1CCC1)C1CCC1)N[C@@H]1C[C@@H](O)C12CCOCC2. The molecule has 3 aliphatic carbocycles. The second-order valence-corrected chi connectivity index (χ2v) is 8.47. The number of rotatable bonds is 5. The van der Waals surface area contributed by atoms with E-state index in [-0.39, 0.29) is 23.5 Å². The van der Waals surface area contributed by atoms with E-state index in [1.54, 1.807) is 0 Å². The maximum absolute atomic E-state index is 12.7. The minimum atomic E-state index is -0.259. The highest BCUT2D eigenvalue weighted by Gasteiger charge is 2.55. The van der Waals surface area contributed by atoms with Gasteiger partial charge in [0.1, 0.15) is 0 Å². The van der Waals surface area contributed by atoms with Crippen LogP contribution in [0, 0.1) is 23.2 Å². The van der Waals surface area contributed by atoms with Crippen LogP contribution in [0.5, 0.6) is 0 Å². The minimum Gasteiger partial charge on any atom is -0.392 e. The Balaban J connectivity index is 1.33. The molecule has 3 saturated carbocycles. The first kappa shape index (κ1) is 15.9. The molecule has 4 rings (SSSR count). The summed E-state index contributed by atoms with van der Waals surface area (Å²) < 4.78 is 5.45. The van der Waals surface area contributed by atoms with Crippen molar-refractivity contribution in [3.8, 4) is 0 Å². The van der Waals surface area contributed by atoms with E-state index >= 15 is 0 Å². The summed E-state index contributed by atoms with van der Waals surface area (Å²) in [5, 5.41) is 13.5. The molecule has 0 unspecified atom stereocenters. The van der Waals surface area contributed by atoms with Gasteiger partial charge in [-0.1, -0.05) is 38.5 Å². The Morgan fingerprint density at radius 1 is 1.13 bits per heavy atom. The molecule has 1 saturated heterocycles. The Kier molecular flexibility index (Phi) is 4.39. The van der Waals surface area contributed by atoms with Crippen LogP contribution in [-0.2, 0) is 9.53 Å². The zero-order chi connectivity index (χ0) is 15.9. The lowest BCUT2D eigenvalue weighted by Crippen LogP contribution is -2.65. The third kappa shape index (κ3) is 2.82. The van der Waals surface area contributed by atoms with Gasteiger partial charge in [0, 0.05) is 31.1 Å². The van der Waals surface area contributed by atoms with Gasteiger partial charge in [-0.05, 0) is 37.0 Å². The second-order valence-electron chi connectivity index (χ2n) is 8.47. The maximum Gasteiger partial charge on any atom is 0.220 e. The fourth-order valence-corrected chi connectivity index (χ4v) is 5.32. The number of aliphatic hydroxyl groups is 1. The Bertz CT molecular complexity index is 424. The van der Waals surface area contributed by atoms with Crippen LogP contribution in [0.3, 0.4) is 0 Å². The topological polar surface area (TPSA) is 58.6 Å². The number of hydrogen-bond acceptors (Lipinski definition) is 3. The molecule has 0 radical (unpaired) electrons. The molecule has 0 aromatic carbocycles. The van der Waals surface area contributed by atoms with Crippen molar-refractivity contribution in [2.24, 2.45) is 23.2 Å². The molecule has 1 aliphatic heterocycles. The lowest BCUT2D eigenvalue weighted by Gasteiger charge is -2.55. The van der Waals surface area contributed by atoms with Crippen molar-refractivity contribution >= 4 is 5.91 Å². The van der Waals surface area contributed by atoms with Gasteiger partial charge in [0.15, 0.2) is 0 Å². The molecular weight excluding hydrogens is 290 g/mol. The Morgan fingerprint density at radius 3 is 2.22 bits per heavy atom. The van der Waals surface area contributed by atoms with Crippen LogP contribution in [-0.4, -0.2) is 36.4 Å². The van der Waals surface area contributed by atoms with Gasteiger partial charge in [-0.2, -0.15) is 0 Å². The molecule has 0 aromatic heterocycles. The van der Waals surface area contributed by atoms with E-state index in [0.29, 0.717) is 12.3 Å². The smallest absolute Gasteiger partial charge is 0.220 e. The first-order valence-electron chi connectivity index (χ1n) is 9.74. The predicted molar refractivity (Wildman–Crippen MR) is 87.8 cm³/mol. The number of nitrogens with one attached hydrogen (secondary N) is 1. The molecule has 2 atom stereocenters. The van der Waals surface area contributed by atoms with Gasteiger partial charge >= 0.3 is 0 Å². The second kappa shape index (κ2) is 6.36. The fraction of sp³-hybridized carbons (Fsp3) is 0.947. The molecular formula is C19H31NO3. The summed E-state index contributed by atoms with van der Waals surface area (Å²) in [5.41, 5.74) is -0.101. The summed E-state index contributed by atoms with van der Waals surface area (Å²) in [7, 11) is 0. The van der Waals surface area contributed by atoms with Crippen LogP contribution in [0.4, 0.5) is 0 Å². The van der Waals surface area contributed by atoms with Gasteiger partial charge in [0.25, 0.3) is 0 Å². The van der Waals surface area contributed by atoms with Crippen molar-refractivity contribution in [3.63, 3.8) is 0 Å². The molecule has 130 valence electrons. The zero-order valence-electron chi connectivity index (χ0n) is 14.1. The summed E-state index contributed by atoms with van der Waals surface area (Å²) in [6.45, 7) is 1.44. The molecule has 4 heteroatoms. The third-order valence-corrected chi connectivity index (χ3v) is 7.51. The number of amides is 1. The van der Waals surface area contributed by atoms with Crippen LogP contribution in [0.25, 0.3) is 0 Å². The summed E-state index contributed by atoms with van der Waals surface area (Å²) in [4.78, 5) is 12.7. The highest BCUT2D eigenvalue weighted by atomic mass is 16.5. The van der Waals surface area contributed by atoms with Gasteiger partial charge in [0.2, 0.25) is 5.91 Å². The number of ether oxygens (including phenoxy) is 1. The summed E-state index contributed by atoms with van der Waals surface area (Å²) in [6.07, 6.45) is 11.0. The van der Waals surface area contributed by atoms with Crippen molar-refractivity contribution in [3.05, 3.63) is 0 Å². The Hall–Kier alpha value is -0.610. The molecule has 0 aromatic rings. The molecule has 2 N–H and O–H groups in total. The Labute approximate surface area is 139 Å². The van der Waals surface area contributed by atoms with E-state index in [1.807, 2.05) is 0 Å². The van der Waals surface area contributed by atoms with Gasteiger partial charge in [0.05, 0.1) is 6.10 Å². The van der Waals surface area contributed by atoms with E-state index in [9.17, 15) is 9.90 Å². The van der Waals surface area contributed by atoms with Crippen molar-refractivity contribution < 1.29 is 14.6 Å². The van der Waals surface area contributed by atoms with Gasteiger partial charge < -0.3 is 15.2 Å². The quantitative estimate of drug-likeness (QED) is 0.818. The number of carbonyl (C=O) groups excluding carboxylic acids is 1. The lowest BCUT2D eigenvalue weighted by atomic mass is 9.57. The van der Waals surface area contributed by atoms with Gasteiger partial charge in [-0.15, -0.1) is 0 Å².